The van der Waals surface area contributed by atoms with Crippen LogP contribution in [-0.4, -0.2) is 19.0 Å². The van der Waals surface area contributed by atoms with E-state index < -0.39 is 0 Å². The third-order valence-corrected chi connectivity index (χ3v) is 2.53. The number of methoxy groups -OCH3 is 1. The Kier molecular flexibility index (Phi) is 4.50. The Labute approximate surface area is 91.3 Å². The molecule has 1 atom stereocenters. The minimum atomic E-state index is 0.0118. The second kappa shape index (κ2) is 5.66. The van der Waals surface area contributed by atoms with Crippen LogP contribution in [-0.2, 0) is 4.74 Å². The maximum absolute atomic E-state index is 11.8. The monoisotopic (exact) mass is 206 g/mol. The summed E-state index contributed by atoms with van der Waals surface area (Å²) in [5, 5.41) is 0. The number of hydrogen-bond acceptors (Lipinski definition) is 2. The zero-order valence-corrected chi connectivity index (χ0v) is 9.57. The predicted octanol–water partition coefficient (Wildman–Crippen LogP) is 2.93. The molecule has 0 amide bonds. The molecule has 0 aliphatic carbocycles. The third kappa shape index (κ3) is 3.48. The number of ether oxygens (including phenoxy) is 1. The van der Waals surface area contributed by atoms with E-state index in [1.165, 1.54) is 0 Å². The van der Waals surface area contributed by atoms with Crippen molar-refractivity contribution in [1.29, 1.82) is 0 Å². The van der Waals surface area contributed by atoms with Crippen LogP contribution in [0.3, 0.4) is 0 Å². The zero-order chi connectivity index (χ0) is 11.3. The Balaban J connectivity index is 2.63. The van der Waals surface area contributed by atoms with Gasteiger partial charge in [0.1, 0.15) is 0 Å². The molecule has 0 aromatic heterocycles. The molecule has 0 saturated carbocycles. The summed E-state index contributed by atoms with van der Waals surface area (Å²) in [7, 11) is 1.66. The SMILES string of the molecule is COC(CC(=O)c1ccccc1)C(C)C. The zero-order valence-electron chi connectivity index (χ0n) is 9.57. The lowest BCUT2D eigenvalue weighted by atomic mass is 9.98. The van der Waals surface area contributed by atoms with Crippen LogP contribution in [0.1, 0.15) is 30.6 Å². The molecule has 0 bridgehead atoms. The van der Waals surface area contributed by atoms with Gasteiger partial charge in [-0.3, -0.25) is 4.79 Å². The fourth-order valence-corrected chi connectivity index (χ4v) is 1.52. The molecule has 0 heterocycles. The summed E-state index contributed by atoms with van der Waals surface area (Å²) in [6.07, 6.45) is 0.468. The average molecular weight is 206 g/mol. The van der Waals surface area contributed by atoms with Gasteiger partial charge in [-0.25, -0.2) is 0 Å². The molecule has 0 aliphatic rings. The highest BCUT2D eigenvalue weighted by atomic mass is 16.5. The van der Waals surface area contributed by atoms with Crippen molar-refractivity contribution in [2.75, 3.05) is 7.11 Å². The molecule has 0 spiro atoms. The third-order valence-electron chi connectivity index (χ3n) is 2.53. The molecular weight excluding hydrogens is 188 g/mol. The number of rotatable bonds is 5. The van der Waals surface area contributed by atoms with E-state index in [1.54, 1.807) is 7.11 Å². The van der Waals surface area contributed by atoms with Crippen molar-refractivity contribution in [3.63, 3.8) is 0 Å². The highest BCUT2D eigenvalue weighted by Gasteiger charge is 2.17. The van der Waals surface area contributed by atoms with Crippen LogP contribution in [0.15, 0.2) is 30.3 Å². The van der Waals surface area contributed by atoms with Gasteiger partial charge in [0.2, 0.25) is 0 Å². The Morgan fingerprint density at radius 1 is 1.27 bits per heavy atom. The van der Waals surface area contributed by atoms with Crippen molar-refractivity contribution < 1.29 is 9.53 Å². The summed E-state index contributed by atoms with van der Waals surface area (Å²) in [5.74, 6) is 0.513. The van der Waals surface area contributed by atoms with E-state index >= 15 is 0 Å². The van der Waals surface area contributed by atoms with E-state index in [-0.39, 0.29) is 11.9 Å². The molecule has 15 heavy (non-hydrogen) atoms. The lowest BCUT2D eigenvalue weighted by Gasteiger charge is -2.18. The molecule has 2 nitrogen and oxygen atoms in total. The predicted molar refractivity (Wildman–Crippen MR) is 61.0 cm³/mol. The first-order valence-corrected chi connectivity index (χ1v) is 5.26. The highest BCUT2D eigenvalue weighted by molar-refractivity contribution is 5.96. The second-order valence-corrected chi connectivity index (χ2v) is 4.01. The second-order valence-electron chi connectivity index (χ2n) is 4.01. The van der Waals surface area contributed by atoms with Crippen molar-refractivity contribution in [2.24, 2.45) is 5.92 Å². The van der Waals surface area contributed by atoms with Gasteiger partial charge in [0.15, 0.2) is 5.78 Å². The molecule has 1 rings (SSSR count). The van der Waals surface area contributed by atoms with E-state index in [0.717, 1.165) is 5.56 Å². The fraction of sp³-hybridized carbons (Fsp3) is 0.462. The molecule has 0 radical (unpaired) electrons. The van der Waals surface area contributed by atoms with Crippen LogP contribution >= 0.6 is 0 Å². The number of Topliss-reactive ketones (excluding diaryl/α,β-unsaturated/α-hetero) is 1. The minimum absolute atomic E-state index is 0.0118. The minimum Gasteiger partial charge on any atom is -0.381 e. The average Bonchev–Trinajstić information content (AvgIpc) is 2.26. The molecule has 0 saturated heterocycles. The summed E-state index contributed by atoms with van der Waals surface area (Å²) >= 11 is 0. The first kappa shape index (κ1) is 11.9. The quantitative estimate of drug-likeness (QED) is 0.692. The Morgan fingerprint density at radius 3 is 2.33 bits per heavy atom. The molecule has 1 aromatic rings. The fourth-order valence-electron chi connectivity index (χ4n) is 1.52. The maximum Gasteiger partial charge on any atom is 0.165 e. The largest absolute Gasteiger partial charge is 0.381 e. The smallest absolute Gasteiger partial charge is 0.165 e. The number of benzene rings is 1. The van der Waals surface area contributed by atoms with E-state index in [4.69, 9.17) is 4.74 Å². The summed E-state index contributed by atoms with van der Waals surface area (Å²) in [6, 6.07) is 9.35. The summed E-state index contributed by atoms with van der Waals surface area (Å²) in [6.45, 7) is 4.12. The van der Waals surface area contributed by atoms with Gasteiger partial charge in [0.25, 0.3) is 0 Å². The van der Waals surface area contributed by atoms with Crippen LogP contribution in [0, 0.1) is 5.92 Å². The van der Waals surface area contributed by atoms with Gasteiger partial charge in [0.05, 0.1) is 6.10 Å². The summed E-state index contributed by atoms with van der Waals surface area (Å²) in [5.41, 5.74) is 0.764. The van der Waals surface area contributed by atoms with E-state index in [1.807, 2.05) is 30.3 Å². The Bertz CT molecular complexity index is 304. The number of hydrogen-bond donors (Lipinski definition) is 0. The van der Waals surface area contributed by atoms with E-state index in [9.17, 15) is 4.79 Å². The van der Waals surface area contributed by atoms with Crippen LogP contribution in [0.4, 0.5) is 0 Å². The van der Waals surface area contributed by atoms with Gasteiger partial charge in [0, 0.05) is 19.1 Å². The van der Waals surface area contributed by atoms with Gasteiger partial charge >= 0.3 is 0 Å². The van der Waals surface area contributed by atoms with Gasteiger partial charge in [-0.2, -0.15) is 0 Å². The lowest BCUT2D eigenvalue weighted by Crippen LogP contribution is -2.22. The van der Waals surface area contributed by atoms with Crippen molar-refractivity contribution >= 4 is 5.78 Å². The van der Waals surface area contributed by atoms with Crippen molar-refractivity contribution in [2.45, 2.75) is 26.4 Å². The van der Waals surface area contributed by atoms with Crippen LogP contribution < -0.4 is 0 Å². The van der Waals surface area contributed by atoms with Crippen molar-refractivity contribution in [3.8, 4) is 0 Å². The molecule has 0 N–H and O–H groups in total. The highest BCUT2D eigenvalue weighted by Crippen LogP contribution is 2.13. The lowest BCUT2D eigenvalue weighted by molar-refractivity contribution is 0.0516. The molecule has 82 valence electrons. The van der Waals surface area contributed by atoms with E-state index in [2.05, 4.69) is 13.8 Å². The molecule has 2 heteroatoms. The van der Waals surface area contributed by atoms with Crippen LogP contribution in [0.25, 0.3) is 0 Å². The molecule has 0 fully saturated rings. The normalized spacial score (nSPS) is 12.8. The van der Waals surface area contributed by atoms with E-state index in [0.29, 0.717) is 12.3 Å². The van der Waals surface area contributed by atoms with Gasteiger partial charge in [-0.15, -0.1) is 0 Å². The van der Waals surface area contributed by atoms with Crippen LogP contribution in [0.2, 0.25) is 0 Å². The maximum atomic E-state index is 11.8. The number of ketones is 1. The number of carbonyl (C=O) groups is 1. The topological polar surface area (TPSA) is 26.3 Å². The van der Waals surface area contributed by atoms with Gasteiger partial charge in [-0.1, -0.05) is 44.2 Å². The first-order valence-electron chi connectivity index (χ1n) is 5.26. The first-order chi connectivity index (χ1) is 7.15. The van der Waals surface area contributed by atoms with Gasteiger partial charge in [-0.05, 0) is 5.92 Å². The molecular formula is C13H18O2. The molecule has 1 aromatic carbocycles. The molecule has 1 unspecified atom stereocenters. The van der Waals surface area contributed by atoms with Gasteiger partial charge < -0.3 is 4.74 Å². The summed E-state index contributed by atoms with van der Waals surface area (Å²) < 4.78 is 5.28. The Hall–Kier alpha value is -1.15. The van der Waals surface area contributed by atoms with Crippen molar-refractivity contribution in [1.82, 2.24) is 0 Å². The summed E-state index contributed by atoms with van der Waals surface area (Å²) in [4.78, 5) is 11.8. The standard InChI is InChI=1S/C13H18O2/c1-10(2)13(15-3)9-12(14)11-7-5-4-6-8-11/h4-8,10,13H,9H2,1-3H3. The molecule has 0 aliphatic heterocycles. The van der Waals surface area contributed by atoms with Crippen molar-refractivity contribution in [3.05, 3.63) is 35.9 Å². The number of carbonyl (C=O) groups excluding carboxylic acids is 1. The van der Waals surface area contributed by atoms with Crippen LogP contribution in [0.5, 0.6) is 0 Å². The Morgan fingerprint density at radius 2 is 1.87 bits per heavy atom.